The fourth-order valence-electron chi connectivity index (χ4n) is 2.78. The lowest BCUT2D eigenvalue weighted by molar-refractivity contribution is 0.0417. The van der Waals surface area contributed by atoms with E-state index in [4.69, 9.17) is 0 Å². The van der Waals surface area contributed by atoms with Gasteiger partial charge in [-0.25, -0.2) is 9.97 Å². The van der Waals surface area contributed by atoms with Crippen LogP contribution in [0.4, 0.5) is 0 Å². The number of hydrogen-bond acceptors (Lipinski definition) is 4. The van der Waals surface area contributed by atoms with Crippen LogP contribution in [0, 0.1) is 0 Å². The maximum atomic E-state index is 12.5. The Labute approximate surface area is 129 Å². The number of likely N-dealkylation sites (tertiary alicyclic amines) is 1. The molecule has 0 spiro atoms. The molecule has 0 aliphatic carbocycles. The van der Waals surface area contributed by atoms with E-state index >= 15 is 0 Å². The number of aliphatic hydroxyl groups is 1. The van der Waals surface area contributed by atoms with Crippen LogP contribution in [0.15, 0.2) is 42.7 Å². The molecular weight excluding hydrogens is 278 g/mol. The van der Waals surface area contributed by atoms with E-state index in [1.165, 1.54) is 0 Å². The summed E-state index contributed by atoms with van der Waals surface area (Å²) >= 11 is 0. The van der Waals surface area contributed by atoms with Gasteiger partial charge in [0.1, 0.15) is 11.4 Å². The number of rotatable bonds is 3. The third-order valence-electron chi connectivity index (χ3n) is 4.11. The molecular formula is C17H19N3O2. The van der Waals surface area contributed by atoms with Crippen LogP contribution in [0.1, 0.15) is 35.1 Å². The van der Waals surface area contributed by atoms with Crippen LogP contribution in [0.25, 0.3) is 0 Å². The van der Waals surface area contributed by atoms with E-state index in [0.29, 0.717) is 25.1 Å². The highest BCUT2D eigenvalue weighted by Crippen LogP contribution is 2.32. The smallest absolute Gasteiger partial charge is 0.257 e. The summed E-state index contributed by atoms with van der Waals surface area (Å²) in [5, 5.41) is 10.8. The van der Waals surface area contributed by atoms with Crippen LogP contribution >= 0.6 is 0 Å². The number of amides is 1. The van der Waals surface area contributed by atoms with Crippen molar-refractivity contribution in [1.29, 1.82) is 0 Å². The molecule has 1 fully saturated rings. The average Bonchev–Trinajstić information content (AvgIpc) is 2.99. The van der Waals surface area contributed by atoms with Crippen molar-refractivity contribution >= 4 is 5.91 Å². The normalized spacial score (nSPS) is 21.1. The molecule has 5 heteroatoms. The molecule has 0 bridgehead atoms. The molecule has 1 aliphatic heterocycles. The Hall–Kier alpha value is -2.27. The van der Waals surface area contributed by atoms with Crippen LogP contribution in [0.3, 0.4) is 0 Å². The highest BCUT2D eigenvalue weighted by atomic mass is 16.3. The van der Waals surface area contributed by atoms with Crippen molar-refractivity contribution in [2.24, 2.45) is 0 Å². The number of nitrogens with zero attached hydrogens (tertiary/aromatic N) is 3. The third kappa shape index (κ3) is 2.72. The van der Waals surface area contributed by atoms with Gasteiger partial charge in [0, 0.05) is 25.4 Å². The SMILES string of the molecule is CCc1ncc(C(=O)N2CC[C@@](O)(c3ccccc3)C2)cn1. The minimum absolute atomic E-state index is 0.130. The quantitative estimate of drug-likeness (QED) is 0.937. The molecule has 1 saturated heterocycles. The predicted molar refractivity (Wildman–Crippen MR) is 82.3 cm³/mol. The maximum absolute atomic E-state index is 12.5. The molecule has 1 atom stereocenters. The van der Waals surface area contributed by atoms with Gasteiger partial charge in [-0.3, -0.25) is 4.79 Å². The van der Waals surface area contributed by atoms with Crippen molar-refractivity contribution < 1.29 is 9.90 Å². The monoisotopic (exact) mass is 297 g/mol. The van der Waals surface area contributed by atoms with E-state index in [2.05, 4.69) is 9.97 Å². The van der Waals surface area contributed by atoms with Crippen molar-refractivity contribution in [1.82, 2.24) is 14.9 Å². The summed E-state index contributed by atoms with van der Waals surface area (Å²) < 4.78 is 0. The largest absolute Gasteiger partial charge is 0.383 e. The van der Waals surface area contributed by atoms with E-state index in [1.807, 2.05) is 37.3 Å². The molecule has 1 aromatic carbocycles. The zero-order chi connectivity index (χ0) is 15.6. The second-order valence-corrected chi connectivity index (χ2v) is 5.62. The van der Waals surface area contributed by atoms with Crippen LogP contribution in [-0.4, -0.2) is 39.0 Å². The Morgan fingerprint density at radius 2 is 1.95 bits per heavy atom. The van der Waals surface area contributed by atoms with Crippen molar-refractivity contribution in [3.63, 3.8) is 0 Å². The van der Waals surface area contributed by atoms with Gasteiger partial charge < -0.3 is 10.0 Å². The number of aromatic nitrogens is 2. The number of carbonyl (C=O) groups is 1. The molecule has 2 aromatic rings. The Kier molecular flexibility index (Phi) is 3.90. The van der Waals surface area contributed by atoms with Crippen molar-refractivity contribution in [2.45, 2.75) is 25.4 Å². The molecule has 22 heavy (non-hydrogen) atoms. The summed E-state index contributed by atoms with van der Waals surface area (Å²) in [6.07, 6.45) is 4.41. The zero-order valence-corrected chi connectivity index (χ0v) is 12.6. The van der Waals surface area contributed by atoms with E-state index in [1.54, 1.807) is 17.3 Å². The first kappa shape index (κ1) is 14.7. The van der Waals surface area contributed by atoms with Crippen LogP contribution in [0.2, 0.25) is 0 Å². The van der Waals surface area contributed by atoms with Gasteiger partial charge in [-0.2, -0.15) is 0 Å². The fraction of sp³-hybridized carbons (Fsp3) is 0.353. The number of benzene rings is 1. The third-order valence-corrected chi connectivity index (χ3v) is 4.11. The van der Waals surface area contributed by atoms with Crippen molar-refractivity contribution in [2.75, 3.05) is 13.1 Å². The number of aryl methyl sites for hydroxylation is 1. The van der Waals surface area contributed by atoms with Gasteiger partial charge in [0.2, 0.25) is 0 Å². The Bertz CT molecular complexity index is 657. The van der Waals surface area contributed by atoms with E-state index in [-0.39, 0.29) is 5.91 Å². The summed E-state index contributed by atoms with van der Waals surface area (Å²) in [6, 6.07) is 9.50. The first-order valence-electron chi connectivity index (χ1n) is 7.50. The molecule has 1 aliphatic rings. The zero-order valence-electron chi connectivity index (χ0n) is 12.6. The second kappa shape index (κ2) is 5.85. The van der Waals surface area contributed by atoms with Crippen molar-refractivity contribution in [3.05, 3.63) is 59.7 Å². The Morgan fingerprint density at radius 3 is 2.59 bits per heavy atom. The second-order valence-electron chi connectivity index (χ2n) is 5.62. The standard InChI is InChI=1S/C17H19N3O2/c1-2-15-18-10-13(11-19-15)16(21)20-9-8-17(22,12-20)14-6-4-3-5-7-14/h3-7,10-11,22H,2,8-9,12H2,1H3/t17-/m0/s1. The van der Waals surface area contributed by atoms with Gasteiger partial charge in [-0.15, -0.1) is 0 Å². The summed E-state index contributed by atoms with van der Waals surface area (Å²) in [6.45, 7) is 2.79. The lowest BCUT2D eigenvalue weighted by Crippen LogP contribution is -2.34. The number of hydrogen-bond donors (Lipinski definition) is 1. The van der Waals surface area contributed by atoms with Crippen molar-refractivity contribution in [3.8, 4) is 0 Å². The lowest BCUT2D eigenvalue weighted by atomic mass is 9.93. The lowest BCUT2D eigenvalue weighted by Gasteiger charge is -2.23. The molecule has 0 radical (unpaired) electrons. The van der Waals surface area contributed by atoms with Gasteiger partial charge in [0.05, 0.1) is 12.1 Å². The van der Waals surface area contributed by atoms with E-state index < -0.39 is 5.60 Å². The highest BCUT2D eigenvalue weighted by molar-refractivity contribution is 5.93. The van der Waals surface area contributed by atoms with Crippen LogP contribution in [0.5, 0.6) is 0 Å². The molecule has 3 rings (SSSR count). The molecule has 5 nitrogen and oxygen atoms in total. The molecule has 1 N–H and O–H groups in total. The summed E-state index contributed by atoms with van der Waals surface area (Å²) in [5.74, 6) is 0.591. The molecule has 114 valence electrons. The number of β-amino-alcohol motifs (C(OH)–C–C–N with tert-alkyl or cyclic N) is 1. The Morgan fingerprint density at radius 1 is 1.27 bits per heavy atom. The summed E-state index contributed by atoms with van der Waals surface area (Å²) in [5.41, 5.74) is 0.346. The maximum Gasteiger partial charge on any atom is 0.257 e. The highest BCUT2D eigenvalue weighted by Gasteiger charge is 2.39. The molecule has 2 heterocycles. The first-order valence-corrected chi connectivity index (χ1v) is 7.50. The van der Waals surface area contributed by atoms with E-state index in [0.717, 1.165) is 17.8 Å². The number of carbonyl (C=O) groups excluding carboxylic acids is 1. The summed E-state index contributed by atoms with van der Waals surface area (Å²) in [7, 11) is 0. The topological polar surface area (TPSA) is 66.3 Å². The average molecular weight is 297 g/mol. The van der Waals surface area contributed by atoms with Gasteiger partial charge in [-0.1, -0.05) is 37.3 Å². The Balaban J connectivity index is 1.75. The van der Waals surface area contributed by atoms with E-state index in [9.17, 15) is 9.90 Å². The molecule has 0 unspecified atom stereocenters. The minimum atomic E-state index is -0.971. The van der Waals surface area contributed by atoms with Gasteiger partial charge in [0.15, 0.2) is 0 Å². The molecule has 1 amide bonds. The van der Waals surface area contributed by atoms with Crippen LogP contribution in [-0.2, 0) is 12.0 Å². The predicted octanol–water partition coefficient (Wildman–Crippen LogP) is 1.77. The molecule has 0 saturated carbocycles. The van der Waals surface area contributed by atoms with Crippen LogP contribution < -0.4 is 0 Å². The van der Waals surface area contributed by atoms with Gasteiger partial charge in [-0.05, 0) is 12.0 Å². The first-order chi connectivity index (χ1) is 10.6. The summed E-state index contributed by atoms with van der Waals surface area (Å²) in [4.78, 5) is 22.5. The minimum Gasteiger partial charge on any atom is -0.383 e. The van der Waals surface area contributed by atoms with Gasteiger partial charge >= 0.3 is 0 Å². The fourth-order valence-corrected chi connectivity index (χ4v) is 2.78. The molecule has 1 aromatic heterocycles. The van der Waals surface area contributed by atoms with Gasteiger partial charge in [0.25, 0.3) is 5.91 Å².